The molecule has 1 unspecified atom stereocenters. The summed E-state index contributed by atoms with van der Waals surface area (Å²) in [6.45, 7) is 5.94. The highest BCUT2D eigenvalue weighted by molar-refractivity contribution is 5.86. The predicted molar refractivity (Wildman–Crippen MR) is 67.0 cm³/mol. The maximum atomic E-state index is 11.8. The third-order valence-electron chi connectivity index (χ3n) is 3.16. The molecule has 0 aromatic rings. The summed E-state index contributed by atoms with van der Waals surface area (Å²) in [5.74, 6) is -0.202. The SMILES string of the molecule is CCOC(=O)/C1=C(\C)OCOCC(CC)(CO)CO1. The van der Waals surface area contributed by atoms with Crippen molar-refractivity contribution in [2.24, 2.45) is 5.41 Å². The molecule has 1 N–H and O–H groups in total. The molecule has 1 heterocycles. The van der Waals surface area contributed by atoms with Crippen LogP contribution in [-0.4, -0.2) is 44.3 Å². The van der Waals surface area contributed by atoms with Crippen molar-refractivity contribution < 1.29 is 28.8 Å². The molecule has 0 amide bonds. The van der Waals surface area contributed by atoms with Crippen LogP contribution in [0.25, 0.3) is 0 Å². The van der Waals surface area contributed by atoms with E-state index in [1.54, 1.807) is 13.8 Å². The summed E-state index contributed by atoms with van der Waals surface area (Å²) < 4.78 is 21.1. The third-order valence-corrected chi connectivity index (χ3v) is 3.16. The van der Waals surface area contributed by atoms with Crippen LogP contribution in [-0.2, 0) is 23.7 Å². The smallest absolute Gasteiger partial charge is 0.377 e. The Labute approximate surface area is 113 Å². The first-order chi connectivity index (χ1) is 9.08. The molecule has 6 nitrogen and oxygen atoms in total. The topological polar surface area (TPSA) is 74.2 Å². The number of hydrogen-bond acceptors (Lipinski definition) is 6. The maximum Gasteiger partial charge on any atom is 0.377 e. The Hall–Kier alpha value is -1.27. The summed E-state index contributed by atoms with van der Waals surface area (Å²) in [6.07, 6.45) is 0.665. The molecule has 0 fully saturated rings. The summed E-state index contributed by atoms with van der Waals surface area (Å²) in [6, 6.07) is 0. The first-order valence-electron chi connectivity index (χ1n) is 6.40. The Kier molecular flexibility index (Phi) is 6.11. The highest BCUT2D eigenvalue weighted by Gasteiger charge is 2.32. The maximum absolute atomic E-state index is 11.8. The summed E-state index contributed by atoms with van der Waals surface area (Å²) in [5.41, 5.74) is -0.536. The average molecular weight is 274 g/mol. The molecular weight excluding hydrogens is 252 g/mol. The molecule has 1 aliphatic rings. The van der Waals surface area contributed by atoms with Crippen molar-refractivity contribution in [3.8, 4) is 0 Å². The van der Waals surface area contributed by atoms with E-state index in [9.17, 15) is 9.90 Å². The molecule has 0 radical (unpaired) electrons. The Morgan fingerprint density at radius 1 is 1.37 bits per heavy atom. The molecule has 1 rings (SSSR count). The van der Waals surface area contributed by atoms with E-state index in [0.29, 0.717) is 18.8 Å². The molecule has 19 heavy (non-hydrogen) atoms. The Balaban J connectivity index is 2.88. The van der Waals surface area contributed by atoms with Crippen LogP contribution in [0.3, 0.4) is 0 Å². The highest BCUT2D eigenvalue weighted by Crippen LogP contribution is 2.26. The van der Waals surface area contributed by atoms with E-state index in [1.807, 2.05) is 6.92 Å². The first kappa shape index (κ1) is 15.8. The van der Waals surface area contributed by atoms with Crippen LogP contribution >= 0.6 is 0 Å². The van der Waals surface area contributed by atoms with Gasteiger partial charge in [0.05, 0.1) is 31.8 Å². The molecule has 0 bridgehead atoms. The van der Waals surface area contributed by atoms with Gasteiger partial charge in [-0.25, -0.2) is 4.79 Å². The van der Waals surface area contributed by atoms with Gasteiger partial charge in [0.25, 0.3) is 0 Å². The molecule has 0 saturated carbocycles. The van der Waals surface area contributed by atoms with E-state index < -0.39 is 11.4 Å². The van der Waals surface area contributed by atoms with Crippen molar-refractivity contribution in [1.29, 1.82) is 0 Å². The second-order valence-corrected chi connectivity index (χ2v) is 4.52. The van der Waals surface area contributed by atoms with E-state index in [0.717, 1.165) is 0 Å². The first-order valence-corrected chi connectivity index (χ1v) is 6.40. The van der Waals surface area contributed by atoms with Gasteiger partial charge in [-0.1, -0.05) is 6.92 Å². The van der Waals surface area contributed by atoms with E-state index in [2.05, 4.69) is 0 Å². The number of aliphatic hydroxyl groups excluding tert-OH is 1. The van der Waals surface area contributed by atoms with Gasteiger partial charge >= 0.3 is 5.97 Å². The Morgan fingerprint density at radius 2 is 2.11 bits per heavy atom. The number of allylic oxidation sites excluding steroid dienone is 1. The summed E-state index contributed by atoms with van der Waals surface area (Å²) in [4.78, 5) is 11.8. The molecule has 0 aliphatic carbocycles. The van der Waals surface area contributed by atoms with Gasteiger partial charge in [0.15, 0.2) is 6.79 Å². The Bertz CT molecular complexity index is 332. The van der Waals surface area contributed by atoms with Crippen LogP contribution in [0.1, 0.15) is 27.2 Å². The van der Waals surface area contributed by atoms with Gasteiger partial charge in [0, 0.05) is 0 Å². The number of rotatable bonds is 4. The Morgan fingerprint density at radius 3 is 2.68 bits per heavy atom. The molecule has 0 aromatic heterocycles. The number of hydrogen-bond donors (Lipinski definition) is 1. The minimum atomic E-state index is -0.565. The standard InChI is InChI=1S/C13H22O6/c1-4-13(6-14)7-16-9-19-10(3)11(18-8-13)12(15)17-5-2/h14H,4-9H2,1-3H3/b11-10-. The zero-order valence-corrected chi connectivity index (χ0v) is 11.7. The molecule has 6 heteroatoms. The van der Waals surface area contributed by atoms with Crippen LogP contribution in [0.4, 0.5) is 0 Å². The fourth-order valence-electron chi connectivity index (χ4n) is 1.63. The number of carbonyl (C=O) groups is 1. The fourth-order valence-corrected chi connectivity index (χ4v) is 1.63. The van der Waals surface area contributed by atoms with Gasteiger partial charge in [-0.05, 0) is 20.3 Å². The van der Waals surface area contributed by atoms with Gasteiger partial charge < -0.3 is 24.1 Å². The molecule has 0 saturated heterocycles. The van der Waals surface area contributed by atoms with E-state index in [-0.39, 0.29) is 32.4 Å². The molecule has 110 valence electrons. The number of esters is 1. The minimum Gasteiger partial charge on any atom is -0.483 e. The van der Waals surface area contributed by atoms with E-state index in [4.69, 9.17) is 18.9 Å². The van der Waals surface area contributed by atoms with Gasteiger partial charge in [0.1, 0.15) is 5.76 Å². The lowest BCUT2D eigenvalue weighted by Gasteiger charge is -2.29. The quantitative estimate of drug-likeness (QED) is 0.776. The molecule has 0 spiro atoms. The average Bonchev–Trinajstić information content (AvgIpc) is 2.49. The fraction of sp³-hybridized carbons (Fsp3) is 0.769. The van der Waals surface area contributed by atoms with Crippen LogP contribution in [0.5, 0.6) is 0 Å². The van der Waals surface area contributed by atoms with Crippen molar-refractivity contribution in [2.45, 2.75) is 27.2 Å². The molecule has 0 aromatic carbocycles. The molecule has 1 aliphatic heterocycles. The van der Waals surface area contributed by atoms with Crippen LogP contribution < -0.4 is 0 Å². The predicted octanol–water partition coefficient (Wildman–Crippen LogP) is 1.19. The lowest BCUT2D eigenvalue weighted by molar-refractivity contribution is -0.144. The summed E-state index contributed by atoms with van der Waals surface area (Å²) in [7, 11) is 0. The van der Waals surface area contributed by atoms with Gasteiger partial charge in [0.2, 0.25) is 5.76 Å². The summed E-state index contributed by atoms with van der Waals surface area (Å²) >= 11 is 0. The second-order valence-electron chi connectivity index (χ2n) is 4.52. The van der Waals surface area contributed by atoms with Crippen LogP contribution in [0.15, 0.2) is 11.5 Å². The normalized spacial score (nSPS) is 28.4. The molecular formula is C13H22O6. The number of ether oxygens (including phenoxy) is 4. The highest BCUT2D eigenvalue weighted by atomic mass is 16.7. The van der Waals surface area contributed by atoms with E-state index in [1.165, 1.54) is 0 Å². The molecule has 1 atom stereocenters. The largest absolute Gasteiger partial charge is 0.483 e. The zero-order chi connectivity index (χ0) is 14.3. The van der Waals surface area contributed by atoms with Crippen molar-refractivity contribution >= 4 is 5.97 Å². The number of aliphatic hydroxyl groups is 1. The second kappa shape index (κ2) is 7.35. The van der Waals surface area contributed by atoms with Crippen LogP contribution in [0.2, 0.25) is 0 Å². The monoisotopic (exact) mass is 274 g/mol. The van der Waals surface area contributed by atoms with Gasteiger partial charge in [-0.3, -0.25) is 0 Å². The van der Waals surface area contributed by atoms with Crippen molar-refractivity contribution in [3.05, 3.63) is 11.5 Å². The zero-order valence-electron chi connectivity index (χ0n) is 11.7. The van der Waals surface area contributed by atoms with Gasteiger partial charge in [-0.2, -0.15) is 0 Å². The van der Waals surface area contributed by atoms with Gasteiger partial charge in [-0.15, -0.1) is 0 Å². The summed E-state index contributed by atoms with van der Waals surface area (Å²) in [5, 5.41) is 9.51. The van der Waals surface area contributed by atoms with Crippen molar-refractivity contribution in [3.63, 3.8) is 0 Å². The van der Waals surface area contributed by atoms with Crippen molar-refractivity contribution in [1.82, 2.24) is 0 Å². The lowest BCUT2D eigenvalue weighted by Crippen LogP contribution is -2.35. The van der Waals surface area contributed by atoms with E-state index >= 15 is 0 Å². The van der Waals surface area contributed by atoms with Crippen LogP contribution in [0, 0.1) is 5.41 Å². The lowest BCUT2D eigenvalue weighted by atomic mass is 9.88. The minimum absolute atomic E-state index is 0.0137. The van der Waals surface area contributed by atoms with Crippen molar-refractivity contribution in [2.75, 3.05) is 33.2 Å². The number of carbonyl (C=O) groups excluding carboxylic acids is 1. The third kappa shape index (κ3) is 4.11.